The molecule has 0 spiro atoms. The SMILES string of the molecule is COc1ccc(C=Cc2nc3sc(=Cc4cccnc4)c(=O)n3n2)cc1. The Morgan fingerprint density at radius 2 is 1.96 bits per heavy atom. The molecule has 6 nitrogen and oxygen atoms in total. The molecule has 0 aliphatic carbocycles. The second kappa shape index (κ2) is 6.89. The second-order valence-corrected chi connectivity index (χ2v) is 6.48. The van der Waals surface area contributed by atoms with Crippen molar-refractivity contribution < 1.29 is 4.74 Å². The predicted molar refractivity (Wildman–Crippen MR) is 102 cm³/mol. The number of fused-ring (bicyclic) bond motifs is 1. The summed E-state index contributed by atoms with van der Waals surface area (Å²) in [6, 6.07) is 11.4. The van der Waals surface area contributed by atoms with Crippen molar-refractivity contribution in [3.63, 3.8) is 0 Å². The quantitative estimate of drug-likeness (QED) is 0.557. The maximum atomic E-state index is 12.5. The Labute approximate surface area is 152 Å². The van der Waals surface area contributed by atoms with Crippen LogP contribution in [0.25, 0.3) is 23.2 Å². The van der Waals surface area contributed by atoms with E-state index >= 15 is 0 Å². The zero-order valence-electron chi connectivity index (χ0n) is 13.9. The normalized spacial score (nSPS) is 12.3. The lowest BCUT2D eigenvalue weighted by atomic mass is 10.2. The molecule has 0 atom stereocenters. The number of thiazole rings is 1. The van der Waals surface area contributed by atoms with Crippen LogP contribution in [0.1, 0.15) is 17.0 Å². The Morgan fingerprint density at radius 1 is 1.12 bits per heavy atom. The van der Waals surface area contributed by atoms with E-state index in [-0.39, 0.29) is 5.56 Å². The van der Waals surface area contributed by atoms with E-state index in [2.05, 4.69) is 15.1 Å². The summed E-state index contributed by atoms with van der Waals surface area (Å²) in [5, 5.41) is 4.28. The van der Waals surface area contributed by atoms with E-state index in [1.807, 2.05) is 42.5 Å². The summed E-state index contributed by atoms with van der Waals surface area (Å²) in [5.74, 6) is 1.30. The van der Waals surface area contributed by atoms with Crippen LogP contribution in [0, 0.1) is 0 Å². The van der Waals surface area contributed by atoms with Crippen LogP contribution in [0.3, 0.4) is 0 Å². The minimum atomic E-state index is -0.176. The van der Waals surface area contributed by atoms with E-state index in [1.54, 1.807) is 31.7 Å². The van der Waals surface area contributed by atoms with Crippen molar-refractivity contribution in [1.82, 2.24) is 19.6 Å². The van der Waals surface area contributed by atoms with Crippen LogP contribution in [0.2, 0.25) is 0 Å². The van der Waals surface area contributed by atoms with Gasteiger partial charge in [-0.2, -0.15) is 9.50 Å². The summed E-state index contributed by atoms with van der Waals surface area (Å²) in [6.07, 6.45) is 8.87. The predicted octanol–water partition coefficient (Wildman–Crippen LogP) is 2.27. The third-order valence-corrected chi connectivity index (χ3v) is 4.68. The minimum absolute atomic E-state index is 0.176. The average molecular weight is 362 g/mol. The van der Waals surface area contributed by atoms with Gasteiger partial charge in [-0.05, 0) is 41.5 Å². The number of ether oxygens (including phenoxy) is 1. The molecule has 0 aliphatic heterocycles. The molecule has 4 aromatic rings. The maximum absolute atomic E-state index is 12.5. The maximum Gasteiger partial charge on any atom is 0.291 e. The van der Waals surface area contributed by atoms with Gasteiger partial charge in [-0.3, -0.25) is 9.78 Å². The summed E-state index contributed by atoms with van der Waals surface area (Å²) >= 11 is 1.31. The van der Waals surface area contributed by atoms with E-state index in [1.165, 1.54) is 15.9 Å². The molecular formula is C19H14N4O2S. The minimum Gasteiger partial charge on any atom is -0.497 e. The fraction of sp³-hybridized carbons (Fsp3) is 0.0526. The highest BCUT2D eigenvalue weighted by atomic mass is 32.1. The fourth-order valence-corrected chi connectivity index (χ4v) is 3.33. The molecule has 0 unspecified atom stereocenters. The summed E-state index contributed by atoms with van der Waals surface area (Å²) in [5.41, 5.74) is 1.69. The van der Waals surface area contributed by atoms with Gasteiger partial charge in [0.1, 0.15) is 5.75 Å². The van der Waals surface area contributed by atoms with Gasteiger partial charge in [0, 0.05) is 12.4 Å². The molecule has 0 N–H and O–H groups in total. The van der Waals surface area contributed by atoms with Crippen molar-refractivity contribution >= 4 is 34.5 Å². The van der Waals surface area contributed by atoms with Crippen LogP contribution in [-0.2, 0) is 0 Å². The molecule has 0 amide bonds. The zero-order chi connectivity index (χ0) is 17.9. The van der Waals surface area contributed by atoms with Crippen molar-refractivity contribution in [3.05, 3.63) is 80.6 Å². The molecule has 128 valence electrons. The molecule has 1 aromatic carbocycles. The molecule has 4 rings (SSSR count). The van der Waals surface area contributed by atoms with Gasteiger partial charge in [-0.15, -0.1) is 5.10 Å². The van der Waals surface area contributed by atoms with E-state index in [0.717, 1.165) is 16.9 Å². The molecule has 3 heterocycles. The van der Waals surface area contributed by atoms with Crippen molar-refractivity contribution in [2.75, 3.05) is 7.11 Å². The molecular weight excluding hydrogens is 348 g/mol. The monoisotopic (exact) mass is 362 g/mol. The standard InChI is InChI=1S/C19H14N4O2S/c1-25-15-7-4-13(5-8-15)6-9-17-21-19-23(22-17)18(24)16(26-19)11-14-3-2-10-20-12-14/h2-12H,1H3. The summed E-state index contributed by atoms with van der Waals surface area (Å²) in [4.78, 5) is 21.5. The van der Waals surface area contributed by atoms with Gasteiger partial charge in [-0.25, -0.2) is 0 Å². The lowest BCUT2D eigenvalue weighted by molar-refractivity contribution is 0.415. The van der Waals surface area contributed by atoms with Crippen LogP contribution in [0.5, 0.6) is 5.75 Å². The molecule has 0 radical (unpaired) electrons. The Hall–Kier alpha value is -3.32. The van der Waals surface area contributed by atoms with Gasteiger partial charge in [0.2, 0.25) is 4.96 Å². The molecule has 0 aliphatic rings. The molecule has 3 aromatic heterocycles. The Bertz CT molecular complexity index is 1180. The van der Waals surface area contributed by atoms with Crippen molar-refractivity contribution in [2.45, 2.75) is 0 Å². The summed E-state index contributed by atoms with van der Waals surface area (Å²) < 4.78 is 7.05. The summed E-state index contributed by atoms with van der Waals surface area (Å²) in [7, 11) is 1.63. The van der Waals surface area contributed by atoms with Crippen LogP contribution < -0.4 is 14.8 Å². The number of hydrogen-bond donors (Lipinski definition) is 0. The van der Waals surface area contributed by atoms with Gasteiger partial charge in [0.15, 0.2) is 5.82 Å². The van der Waals surface area contributed by atoms with Crippen molar-refractivity contribution in [3.8, 4) is 5.75 Å². The van der Waals surface area contributed by atoms with Crippen molar-refractivity contribution in [1.29, 1.82) is 0 Å². The first-order valence-corrected chi connectivity index (χ1v) is 8.68. The first kappa shape index (κ1) is 16.2. The molecule has 7 heteroatoms. The van der Waals surface area contributed by atoms with Gasteiger partial charge < -0.3 is 4.74 Å². The molecule has 26 heavy (non-hydrogen) atoms. The third kappa shape index (κ3) is 3.25. The van der Waals surface area contributed by atoms with Crippen LogP contribution in [0.4, 0.5) is 0 Å². The van der Waals surface area contributed by atoms with Gasteiger partial charge >= 0.3 is 0 Å². The number of nitrogens with zero attached hydrogens (tertiary/aromatic N) is 4. The number of rotatable bonds is 4. The highest BCUT2D eigenvalue weighted by Gasteiger charge is 2.08. The smallest absolute Gasteiger partial charge is 0.291 e. The number of benzene rings is 1. The first-order valence-electron chi connectivity index (χ1n) is 7.86. The molecule has 0 saturated heterocycles. The molecule has 0 bridgehead atoms. The van der Waals surface area contributed by atoms with E-state index in [9.17, 15) is 4.79 Å². The Morgan fingerprint density at radius 3 is 2.65 bits per heavy atom. The molecule has 0 saturated carbocycles. The average Bonchev–Trinajstić information content (AvgIpc) is 3.20. The number of aromatic nitrogens is 4. The van der Waals surface area contributed by atoms with Crippen LogP contribution in [-0.4, -0.2) is 26.7 Å². The highest BCUT2D eigenvalue weighted by Crippen LogP contribution is 2.13. The summed E-state index contributed by atoms with van der Waals surface area (Å²) in [6.45, 7) is 0. The fourth-order valence-electron chi connectivity index (χ4n) is 2.42. The largest absolute Gasteiger partial charge is 0.497 e. The van der Waals surface area contributed by atoms with E-state index < -0.39 is 0 Å². The van der Waals surface area contributed by atoms with Gasteiger partial charge in [-0.1, -0.05) is 35.6 Å². The lowest BCUT2D eigenvalue weighted by Gasteiger charge is -1.98. The lowest BCUT2D eigenvalue weighted by Crippen LogP contribution is -2.23. The van der Waals surface area contributed by atoms with Crippen LogP contribution in [0.15, 0.2) is 53.6 Å². The number of hydrogen-bond acceptors (Lipinski definition) is 6. The number of methoxy groups -OCH3 is 1. The highest BCUT2D eigenvalue weighted by molar-refractivity contribution is 7.15. The Balaban J connectivity index is 1.63. The van der Waals surface area contributed by atoms with Gasteiger partial charge in [0.25, 0.3) is 5.56 Å². The van der Waals surface area contributed by atoms with E-state index in [4.69, 9.17) is 4.74 Å². The van der Waals surface area contributed by atoms with E-state index in [0.29, 0.717) is 15.3 Å². The first-order chi connectivity index (χ1) is 12.7. The molecule has 0 fully saturated rings. The second-order valence-electron chi connectivity index (χ2n) is 5.47. The van der Waals surface area contributed by atoms with Gasteiger partial charge in [0.05, 0.1) is 11.6 Å². The van der Waals surface area contributed by atoms with Crippen molar-refractivity contribution in [2.24, 2.45) is 0 Å². The topological polar surface area (TPSA) is 69.4 Å². The van der Waals surface area contributed by atoms with Crippen LogP contribution >= 0.6 is 11.3 Å². The zero-order valence-corrected chi connectivity index (χ0v) is 14.7. The Kier molecular flexibility index (Phi) is 4.28. The third-order valence-electron chi connectivity index (χ3n) is 3.72. The number of pyridine rings is 1.